The first-order valence-electron chi connectivity index (χ1n) is 3.33. The molecule has 1 heterocycles. The standard InChI is InChI=1S/C8H8BrNS/c1-6(4-9)8-3-2-7(5-10)11-8/h2-3,6H,4H2,1H3. The number of thiophene rings is 1. The van der Waals surface area contributed by atoms with Crippen LogP contribution in [0.4, 0.5) is 0 Å². The van der Waals surface area contributed by atoms with Crippen molar-refractivity contribution in [2.45, 2.75) is 12.8 Å². The Morgan fingerprint density at radius 1 is 1.73 bits per heavy atom. The maximum Gasteiger partial charge on any atom is 0.110 e. The van der Waals surface area contributed by atoms with Gasteiger partial charge in [-0.05, 0) is 12.1 Å². The lowest BCUT2D eigenvalue weighted by molar-refractivity contribution is 0.912. The Bertz CT molecular complexity index is 274. The SMILES string of the molecule is CC(CBr)c1ccc(C#N)s1. The fraction of sp³-hybridized carbons (Fsp3) is 0.375. The van der Waals surface area contributed by atoms with Gasteiger partial charge in [-0.1, -0.05) is 22.9 Å². The van der Waals surface area contributed by atoms with Gasteiger partial charge < -0.3 is 0 Å². The predicted molar refractivity (Wildman–Crippen MR) is 51.2 cm³/mol. The first-order valence-corrected chi connectivity index (χ1v) is 5.27. The van der Waals surface area contributed by atoms with Gasteiger partial charge in [0, 0.05) is 16.1 Å². The Morgan fingerprint density at radius 3 is 2.91 bits per heavy atom. The van der Waals surface area contributed by atoms with Gasteiger partial charge in [-0.25, -0.2) is 0 Å². The van der Waals surface area contributed by atoms with E-state index in [0.29, 0.717) is 5.92 Å². The lowest BCUT2D eigenvalue weighted by Gasteiger charge is -2.01. The molecule has 1 atom stereocenters. The number of nitriles is 1. The van der Waals surface area contributed by atoms with E-state index in [9.17, 15) is 0 Å². The van der Waals surface area contributed by atoms with Crippen molar-refractivity contribution in [3.8, 4) is 6.07 Å². The van der Waals surface area contributed by atoms with Crippen LogP contribution < -0.4 is 0 Å². The quantitative estimate of drug-likeness (QED) is 0.716. The molecule has 0 saturated heterocycles. The van der Waals surface area contributed by atoms with Crippen LogP contribution in [0, 0.1) is 11.3 Å². The fourth-order valence-electron chi connectivity index (χ4n) is 0.754. The minimum Gasteiger partial charge on any atom is -0.192 e. The van der Waals surface area contributed by atoms with Crippen LogP contribution in [0.25, 0.3) is 0 Å². The average molecular weight is 230 g/mol. The van der Waals surface area contributed by atoms with E-state index in [1.165, 1.54) is 4.88 Å². The largest absolute Gasteiger partial charge is 0.192 e. The lowest BCUT2D eigenvalue weighted by atomic mass is 10.2. The monoisotopic (exact) mass is 229 g/mol. The topological polar surface area (TPSA) is 23.8 Å². The van der Waals surface area contributed by atoms with Crippen molar-refractivity contribution in [2.75, 3.05) is 5.33 Å². The Morgan fingerprint density at radius 2 is 2.45 bits per heavy atom. The van der Waals surface area contributed by atoms with E-state index in [2.05, 4.69) is 28.9 Å². The van der Waals surface area contributed by atoms with Crippen molar-refractivity contribution in [2.24, 2.45) is 0 Å². The minimum absolute atomic E-state index is 0.516. The Kier molecular flexibility index (Phi) is 3.10. The molecule has 1 aromatic heterocycles. The van der Waals surface area contributed by atoms with E-state index >= 15 is 0 Å². The summed E-state index contributed by atoms with van der Waals surface area (Å²) < 4.78 is 0. The maximum atomic E-state index is 8.55. The van der Waals surface area contributed by atoms with Crippen molar-refractivity contribution in [1.29, 1.82) is 5.26 Å². The van der Waals surface area contributed by atoms with Crippen LogP contribution >= 0.6 is 27.3 Å². The number of alkyl halides is 1. The molecule has 11 heavy (non-hydrogen) atoms. The van der Waals surface area contributed by atoms with Crippen LogP contribution in [-0.4, -0.2) is 5.33 Å². The summed E-state index contributed by atoms with van der Waals surface area (Å²) in [5.41, 5.74) is 0. The molecule has 0 aliphatic heterocycles. The highest BCUT2D eigenvalue weighted by Gasteiger charge is 2.06. The zero-order valence-corrected chi connectivity index (χ0v) is 8.58. The number of hydrogen-bond acceptors (Lipinski definition) is 2. The van der Waals surface area contributed by atoms with Gasteiger partial charge in [-0.15, -0.1) is 11.3 Å². The predicted octanol–water partition coefficient (Wildman–Crippen LogP) is 3.12. The zero-order chi connectivity index (χ0) is 8.27. The van der Waals surface area contributed by atoms with Gasteiger partial charge in [0.2, 0.25) is 0 Å². The number of rotatable bonds is 2. The van der Waals surface area contributed by atoms with Crippen molar-refractivity contribution in [1.82, 2.24) is 0 Å². The second-order valence-electron chi connectivity index (χ2n) is 2.37. The second-order valence-corrected chi connectivity index (χ2v) is 4.13. The molecule has 1 aromatic rings. The lowest BCUT2D eigenvalue weighted by Crippen LogP contribution is -1.88. The summed E-state index contributed by atoms with van der Waals surface area (Å²) in [5, 5.41) is 9.51. The van der Waals surface area contributed by atoms with Crippen molar-refractivity contribution < 1.29 is 0 Å². The van der Waals surface area contributed by atoms with Gasteiger partial charge in [0.1, 0.15) is 10.9 Å². The molecular weight excluding hydrogens is 222 g/mol. The summed E-state index contributed by atoms with van der Waals surface area (Å²) in [6.07, 6.45) is 0. The highest BCUT2D eigenvalue weighted by molar-refractivity contribution is 9.09. The molecule has 1 nitrogen and oxygen atoms in total. The third-order valence-electron chi connectivity index (χ3n) is 1.45. The smallest absolute Gasteiger partial charge is 0.110 e. The molecular formula is C8H8BrNS. The molecule has 0 aliphatic carbocycles. The molecule has 3 heteroatoms. The van der Waals surface area contributed by atoms with Gasteiger partial charge in [0.15, 0.2) is 0 Å². The van der Waals surface area contributed by atoms with Crippen molar-refractivity contribution in [3.05, 3.63) is 21.9 Å². The first-order chi connectivity index (χ1) is 5.27. The summed E-state index contributed by atoms with van der Waals surface area (Å²) in [5.74, 6) is 0.516. The van der Waals surface area contributed by atoms with E-state index in [0.717, 1.165) is 10.2 Å². The molecule has 0 aromatic carbocycles. The Labute approximate surface area is 78.8 Å². The fourth-order valence-corrected chi connectivity index (χ4v) is 2.17. The molecule has 0 amide bonds. The molecule has 1 rings (SSSR count). The zero-order valence-electron chi connectivity index (χ0n) is 6.17. The number of halogens is 1. The summed E-state index contributed by atoms with van der Waals surface area (Å²) in [6.45, 7) is 2.14. The molecule has 0 aliphatic rings. The highest BCUT2D eigenvalue weighted by Crippen LogP contribution is 2.25. The number of nitrogens with zero attached hydrogens (tertiary/aromatic N) is 1. The molecule has 58 valence electrons. The van der Waals surface area contributed by atoms with Gasteiger partial charge in [-0.3, -0.25) is 0 Å². The molecule has 0 spiro atoms. The maximum absolute atomic E-state index is 8.55. The van der Waals surface area contributed by atoms with E-state index < -0.39 is 0 Å². The molecule has 0 bridgehead atoms. The van der Waals surface area contributed by atoms with E-state index in [4.69, 9.17) is 5.26 Å². The summed E-state index contributed by atoms with van der Waals surface area (Å²) in [6, 6.07) is 6.03. The van der Waals surface area contributed by atoms with Gasteiger partial charge in [0.05, 0.1) is 0 Å². The van der Waals surface area contributed by atoms with Gasteiger partial charge in [-0.2, -0.15) is 5.26 Å². The van der Waals surface area contributed by atoms with Crippen LogP contribution in [0.2, 0.25) is 0 Å². The van der Waals surface area contributed by atoms with E-state index in [1.807, 2.05) is 12.1 Å². The van der Waals surface area contributed by atoms with Crippen molar-refractivity contribution in [3.63, 3.8) is 0 Å². The Balaban J connectivity index is 2.82. The summed E-state index contributed by atoms with van der Waals surface area (Å²) in [4.78, 5) is 2.08. The van der Waals surface area contributed by atoms with Gasteiger partial charge in [0.25, 0.3) is 0 Å². The number of hydrogen-bond donors (Lipinski definition) is 0. The van der Waals surface area contributed by atoms with Crippen LogP contribution in [0.15, 0.2) is 12.1 Å². The minimum atomic E-state index is 0.516. The third kappa shape index (κ3) is 2.05. The van der Waals surface area contributed by atoms with Crippen LogP contribution in [0.5, 0.6) is 0 Å². The molecule has 0 fully saturated rings. The molecule has 0 saturated carbocycles. The van der Waals surface area contributed by atoms with Crippen LogP contribution in [0.3, 0.4) is 0 Å². The van der Waals surface area contributed by atoms with Crippen molar-refractivity contribution >= 4 is 27.3 Å². The molecule has 1 unspecified atom stereocenters. The Hall–Kier alpha value is -0.330. The summed E-state index contributed by atoms with van der Waals surface area (Å²) >= 11 is 4.98. The van der Waals surface area contributed by atoms with Crippen LogP contribution in [-0.2, 0) is 0 Å². The first kappa shape index (κ1) is 8.76. The highest BCUT2D eigenvalue weighted by atomic mass is 79.9. The molecule has 0 radical (unpaired) electrons. The van der Waals surface area contributed by atoms with Crippen LogP contribution in [0.1, 0.15) is 22.6 Å². The van der Waals surface area contributed by atoms with E-state index in [1.54, 1.807) is 11.3 Å². The normalized spacial score (nSPS) is 12.5. The third-order valence-corrected chi connectivity index (χ3v) is 3.65. The van der Waals surface area contributed by atoms with E-state index in [-0.39, 0.29) is 0 Å². The summed E-state index contributed by atoms with van der Waals surface area (Å²) in [7, 11) is 0. The molecule has 0 N–H and O–H groups in total. The second kappa shape index (κ2) is 3.89. The van der Waals surface area contributed by atoms with Gasteiger partial charge >= 0.3 is 0 Å². The average Bonchev–Trinajstić information content (AvgIpc) is 2.50.